The summed E-state index contributed by atoms with van der Waals surface area (Å²) < 4.78 is 5.23. The van der Waals surface area contributed by atoms with E-state index in [1.54, 1.807) is 0 Å². The van der Waals surface area contributed by atoms with Crippen molar-refractivity contribution >= 4 is 5.91 Å². The van der Waals surface area contributed by atoms with Gasteiger partial charge in [0.2, 0.25) is 5.91 Å². The number of nitrogens with two attached hydrogens (primary N) is 1. The van der Waals surface area contributed by atoms with E-state index >= 15 is 0 Å². The molecule has 0 heterocycles. The lowest BCUT2D eigenvalue weighted by molar-refractivity contribution is -0.122. The summed E-state index contributed by atoms with van der Waals surface area (Å²) in [4.78, 5) is 11.7. The van der Waals surface area contributed by atoms with Gasteiger partial charge >= 0.3 is 0 Å². The molecule has 1 rings (SSSR count). The number of ether oxygens (including phenoxy) is 1. The molecule has 1 aliphatic rings. The van der Waals surface area contributed by atoms with Crippen LogP contribution in [0, 0.1) is 11.8 Å². The van der Waals surface area contributed by atoms with Gasteiger partial charge in [0.15, 0.2) is 0 Å². The second kappa shape index (κ2) is 9.34. The van der Waals surface area contributed by atoms with E-state index in [1.165, 1.54) is 12.8 Å². The molecule has 1 fully saturated rings. The van der Waals surface area contributed by atoms with Gasteiger partial charge in [-0.1, -0.05) is 0 Å². The zero-order valence-corrected chi connectivity index (χ0v) is 11.6. The fourth-order valence-corrected chi connectivity index (χ4v) is 2.55. The standard InChI is InChI=1S/C14H28N2O2/c1-2-18-9-3-8-16-14(17)10-12-4-6-13(11-15)7-5-12/h12-13H,2-11,15H2,1H3,(H,16,17). The Morgan fingerprint density at radius 3 is 2.56 bits per heavy atom. The maximum Gasteiger partial charge on any atom is 0.220 e. The molecule has 0 bridgehead atoms. The number of rotatable bonds is 8. The number of nitrogens with one attached hydrogen (secondary N) is 1. The van der Waals surface area contributed by atoms with Gasteiger partial charge in [0.05, 0.1) is 0 Å². The molecule has 0 unspecified atom stereocenters. The molecule has 4 heteroatoms. The highest BCUT2D eigenvalue weighted by molar-refractivity contribution is 5.76. The lowest BCUT2D eigenvalue weighted by Gasteiger charge is -2.27. The normalized spacial score (nSPS) is 23.9. The fourth-order valence-electron chi connectivity index (χ4n) is 2.55. The summed E-state index contributed by atoms with van der Waals surface area (Å²) in [5.41, 5.74) is 5.66. The summed E-state index contributed by atoms with van der Waals surface area (Å²) in [6.07, 6.45) is 6.30. The molecule has 3 N–H and O–H groups in total. The van der Waals surface area contributed by atoms with E-state index in [0.717, 1.165) is 45.6 Å². The summed E-state index contributed by atoms with van der Waals surface area (Å²) in [6, 6.07) is 0. The molecule has 0 saturated heterocycles. The van der Waals surface area contributed by atoms with Crippen molar-refractivity contribution in [2.75, 3.05) is 26.3 Å². The molecular formula is C14H28N2O2. The summed E-state index contributed by atoms with van der Waals surface area (Å²) >= 11 is 0. The average molecular weight is 256 g/mol. The molecule has 0 aliphatic heterocycles. The first-order chi connectivity index (χ1) is 8.76. The van der Waals surface area contributed by atoms with Crippen molar-refractivity contribution < 1.29 is 9.53 Å². The van der Waals surface area contributed by atoms with Crippen LogP contribution in [0.25, 0.3) is 0 Å². The Morgan fingerprint density at radius 1 is 1.28 bits per heavy atom. The van der Waals surface area contributed by atoms with Crippen LogP contribution in [-0.2, 0) is 9.53 Å². The van der Waals surface area contributed by atoms with Crippen LogP contribution in [0.1, 0.15) is 45.4 Å². The Bertz CT molecular complexity index is 226. The molecular weight excluding hydrogens is 228 g/mol. The van der Waals surface area contributed by atoms with Crippen LogP contribution >= 0.6 is 0 Å². The van der Waals surface area contributed by atoms with Crippen LogP contribution < -0.4 is 11.1 Å². The van der Waals surface area contributed by atoms with Gasteiger partial charge in [-0.15, -0.1) is 0 Å². The minimum absolute atomic E-state index is 0.197. The number of carbonyl (C=O) groups excluding carboxylic acids is 1. The van der Waals surface area contributed by atoms with Crippen molar-refractivity contribution in [3.63, 3.8) is 0 Å². The van der Waals surface area contributed by atoms with Crippen LogP contribution in [0.2, 0.25) is 0 Å². The molecule has 0 radical (unpaired) electrons. The fraction of sp³-hybridized carbons (Fsp3) is 0.929. The molecule has 4 nitrogen and oxygen atoms in total. The molecule has 1 aliphatic carbocycles. The number of carbonyl (C=O) groups is 1. The predicted octanol–water partition coefficient (Wildman–Crippen LogP) is 1.68. The van der Waals surface area contributed by atoms with Crippen molar-refractivity contribution in [2.24, 2.45) is 17.6 Å². The molecule has 0 aromatic carbocycles. The zero-order valence-electron chi connectivity index (χ0n) is 11.6. The second-order valence-corrected chi connectivity index (χ2v) is 5.23. The third-order valence-corrected chi connectivity index (χ3v) is 3.77. The Hall–Kier alpha value is -0.610. The summed E-state index contributed by atoms with van der Waals surface area (Å²) in [6.45, 7) is 5.00. The third-order valence-electron chi connectivity index (χ3n) is 3.77. The van der Waals surface area contributed by atoms with E-state index in [2.05, 4.69) is 5.32 Å². The quantitative estimate of drug-likeness (QED) is 0.649. The first-order valence-electron chi connectivity index (χ1n) is 7.30. The number of hydrogen-bond donors (Lipinski definition) is 2. The third kappa shape index (κ3) is 6.36. The van der Waals surface area contributed by atoms with Crippen LogP contribution in [0.3, 0.4) is 0 Å². The molecule has 0 aromatic heterocycles. The minimum Gasteiger partial charge on any atom is -0.382 e. The van der Waals surface area contributed by atoms with Crippen molar-refractivity contribution in [3.05, 3.63) is 0 Å². The molecule has 1 amide bonds. The van der Waals surface area contributed by atoms with Gasteiger partial charge in [0, 0.05) is 26.2 Å². The topological polar surface area (TPSA) is 64.3 Å². The van der Waals surface area contributed by atoms with Crippen LogP contribution in [0.5, 0.6) is 0 Å². The first-order valence-corrected chi connectivity index (χ1v) is 7.30. The van der Waals surface area contributed by atoms with Gasteiger partial charge in [-0.25, -0.2) is 0 Å². The van der Waals surface area contributed by atoms with Gasteiger partial charge in [0.25, 0.3) is 0 Å². The molecule has 106 valence electrons. The SMILES string of the molecule is CCOCCCNC(=O)CC1CCC(CN)CC1. The van der Waals surface area contributed by atoms with E-state index in [0.29, 0.717) is 18.3 Å². The van der Waals surface area contributed by atoms with Crippen LogP contribution in [0.15, 0.2) is 0 Å². The highest BCUT2D eigenvalue weighted by Gasteiger charge is 2.21. The largest absolute Gasteiger partial charge is 0.382 e. The lowest BCUT2D eigenvalue weighted by atomic mass is 9.80. The van der Waals surface area contributed by atoms with Gasteiger partial charge < -0.3 is 15.8 Å². The van der Waals surface area contributed by atoms with Crippen LogP contribution in [0.4, 0.5) is 0 Å². The van der Waals surface area contributed by atoms with E-state index < -0.39 is 0 Å². The molecule has 0 spiro atoms. The minimum atomic E-state index is 0.197. The molecule has 0 aromatic rings. The Kier molecular flexibility index (Phi) is 8.01. The highest BCUT2D eigenvalue weighted by atomic mass is 16.5. The maximum atomic E-state index is 11.7. The summed E-state index contributed by atoms with van der Waals surface area (Å²) in [5.74, 6) is 1.46. The van der Waals surface area contributed by atoms with Gasteiger partial charge in [-0.05, 0) is 57.4 Å². The van der Waals surface area contributed by atoms with E-state index in [4.69, 9.17) is 10.5 Å². The molecule has 18 heavy (non-hydrogen) atoms. The van der Waals surface area contributed by atoms with Crippen LogP contribution in [-0.4, -0.2) is 32.2 Å². The van der Waals surface area contributed by atoms with E-state index in [1.807, 2.05) is 6.92 Å². The number of hydrogen-bond acceptors (Lipinski definition) is 3. The lowest BCUT2D eigenvalue weighted by Crippen LogP contribution is -2.29. The number of amides is 1. The van der Waals surface area contributed by atoms with Gasteiger partial charge in [-0.3, -0.25) is 4.79 Å². The molecule has 1 saturated carbocycles. The second-order valence-electron chi connectivity index (χ2n) is 5.23. The van der Waals surface area contributed by atoms with Gasteiger partial charge in [-0.2, -0.15) is 0 Å². The Labute approximate surface area is 111 Å². The molecule has 0 atom stereocenters. The average Bonchev–Trinajstić information content (AvgIpc) is 2.39. The zero-order chi connectivity index (χ0) is 13.2. The maximum absolute atomic E-state index is 11.7. The first kappa shape index (κ1) is 15.4. The summed E-state index contributed by atoms with van der Waals surface area (Å²) in [5, 5.41) is 2.97. The van der Waals surface area contributed by atoms with Crippen molar-refractivity contribution in [1.82, 2.24) is 5.32 Å². The van der Waals surface area contributed by atoms with E-state index in [-0.39, 0.29) is 5.91 Å². The van der Waals surface area contributed by atoms with Crippen molar-refractivity contribution in [2.45, 2.75) is 45.4 Å². The van der Waals surface area contributed by atoms with Crippen molar-refractivity contribution in [1.29, 1.82) is 0 Å². The van der Waals surface area contributed by atoms with Crippen molar-refractivity contribution in [3.8, 4) is 0 Å². The highest BCUT2D eigenvalue weighted by Crippen LogP contribution is 2.29. The van der Waals surface area contributed by atoms with E-state index in [9.17, 15) is 4.79 Å². The predicted molar refractivity (Wildman–Crippen MR) is 73.2 cm³/mol. The smallest absolute Gasteiger partial charge is 0.220 e. The summed E-state index contributed by atoms with van der Waals surface area (Å²) in [7, 11) is 0. The monoisotopic (exact) mass is 256 g/mol. The van der Waals surface area contributed by atoms with Gasteiger partial charge in [0.1, 0.15) is 0 Å². The Morgan fingerprint density at radius 2 is 1.94 bits per heavy atom. The Balaban J connectivity index is 2.02.